The summed E-state index contributed by atoms with van der Waals surface area (Å²) in [5.74, 6) is 0.699. The molecule has 2 heterocycles. The maximum atomic E-state index is 4.33. The predicted molar refractivity (Wildman–Crippen MR) is 81.4 cm³/mol. The summed E-state index contributed by atoms with van der Waals surface area (Å²) in [6, 6.07) is 0.623. The summed E-state index contributed by atoms with van der Waals surface area (Å²) in [5, 5.41) is 8.14. The van der Waals surface area contributed by atoms with Gasteiger partial charge in [0, 0.05) is 50.0 Å². The molecule has 2 fully saturated rings. The van der Waals surface area contributed by atoms with E-state index in [0.717, 1.165) is 13.1 Å². The van der Waals surface area contributed by atoms with Gasteiger partial charge >= 0.3 is 0 Å². The lowest BCUT2D eigenvalue weighted by Gasteiger charge is -2.49. The molecule has 1 saturated heterocycles. The minimum absolute atomic E-state index is 0.404. The maximum absolute atomic E-state index is 4.33. The summed E-state index contributed by atoms with van der Waals surface area (Å²) in [6.45, 7) is 8.04. The first-order valence-corrected chi connectivity index (χ1v) is 8.05. The third-order valence-corrected chi connectivity index (χ3v) is 5.25. The van der Waals surface area contributed by atoms with E-state index < -0.39 is 0 Å². The number of hydrogen-bond donors (Lipinski definition) is 1. The number of nitrogens with zero attached hydrogens (tertiary/aromatic N) is 3. The molecule has 0 bridgehead atoms. The molecule has 1 unspecified atom stereocenters. The fraction of sp³-hybridized carbons (Fsp3) is 0.812. The van der Waals surface area contributed by atoms with Crippen molar-refractivity contribution in [1.29, 1.82) is 0 Å². The second kappa shape index (κ2) is 5.49. The van der Waals surface area contributed by atoms with E-state index in [1.807, 2.05) is 17.9 Å². The SMILES string of the molecule is CC(C)C1CN(Cc2cnn(C)c2)C2(CCCC2)CN1. The van der Waals surface area contributed by atoms with Crippen LogP contribution in [0, 0.1) is 5.92 Å². The van der Waals surface area contributed by atoms with Crippen LogP contribution in [0.15, 0.2) is 12.4 Å². The van der Waals surface area contributed by atoms with Gasteiger partial charge in [0.05, 0.1) is 6.20 Å². The molecule has 1 saturated carbocycles. The Morgan fingerprint density at radius 2 is 2.15 bits per heavy atom. The lowest BCUT2D eigenvalue weighted by molar-refractivity contribution is 0.0260. The van der Waals surface area contributed by atoms with E-state index in [4.69, 9.17) is 0 Å². The van der Waals surface area contributed by atoms with Crippen molar-refractivity contribution in [2.24, 2.45) is 13.0 Å². The largest absolute Gasteiger partial charge is 0.311 e. The Morgan fingerprint density at radius 3 is 2.75 bits per heavy atom. The molecule has 3 rings (SSSR count). The van der Waals surface area contributed by atoms with Crippen molar-refractivity contribution >= 4 is 0 Å². The fourth-order valence-electron chi connectivity index (χ4n) is 3.91. The van der Waals surface area contributed by atoms with Crippen LogP contribution in [0.4, 0.5) is 0 Å². The molecule has 1 aliphatic carbocycles. The third-order valence-electron chi connectivity index (χ3n) is 5.25. The van der Waals surface area contributed by atoms with Crippen molar-refractivity contribution in [2.75, 3.05) is 13.1 Å². The van der Waals surface area contributed by atoms with Crippen LogP contribution in [0.25, 0.3) is 0 Å². The van der Waals surface area contributed by atoms with Gasteiger partial charge in [0.1, 0.15) is 0 Å². The summed E-state index contributed by atoms with van der Waals surface area (Å²) < 4.78 is 1.92. The summed E-state index contributed by atoms with van der Waals surface area (Å²) in [5.41, 5.74) is 1.75. The molecule has 4 heteroatoms. The monoisotopic (exact) mass is 276 g/mol. The third kappa shape index (κ3) is 2.63. The zero-order valence-electron chi connectivity index (χ0n) is 13.1. The average molecular weight is 276 g/mol. The lowest BCUT2D eigenvalue weighted by Crippen LogP contribution is -2.64. The van der Waals surface area contributed by atoms with Crippen LogP contribution >= 0.6 is 0 Å². The number of aryl methyl sites for hydroxylation is 1. The van der Waals surface area contributed by atoms with Crippen LogP contribution < -0.4 is 5.32 Å². The number of rotatable bonds is 3. The highest BCUT2D eigenvalue weighted by Crippen LogP contribution is 2.38. The van der Waals surface area contributed by atoms with Crippen molar-refractivity contribution in [2.45, 2.75) is 57.7 Å². The van der Waals surface area contributed by atoms with Crippen LogP contribution in [-0.2, 0) is 13.6 Å². The molecule has 20 heavy (non-hydrogen) atoms. The normalized spacial score (nSPS) is 26.7. The Labute approximate surface area is 122 Å². The first-order chi connectivity index (χ1) is 9.59. The lowest BCUT2D eigenvalue weighted by atomic mass is 9.88. The maximum Gasteiger partial charge on any atom is 0.0534 e. The quantitative estimate of drug-likeness (QED) is 0.918. The molecular formula is C16H28N4. The smallest absolute Gasteiger partial charge is 0.0534 e. The molecule has 1 spiro atoms. The van der Waals surface area contributed by atoms with E-state index in [2.05, 4.69) is 35.4 Å². The number of nitrogens with one attached hydrogen (secondary N) is 1. The highest BCUT2D eigenvalue weighted by Gasteiger charge is 2.43. The van der Waals surface area contributed by atoms with Gasteiger partial charge in [-0.15, -0.1) is 0 Å². The minimum atomic E-state index is 0.404. The summed E-state index contributed by atoms with van der Waals surface area (Å²) in [4.78, 5) is 2.75. The number of aromatic nitrogens is 2. The van der Waals surface area contributed by atoms with Crippen LogP contribution in [0.2, 0.25) is 0 Å². The second-order valence-corrected chi connectivity index (χ2v) is 7.07. The van der Waals surface area contributed by atoms with Gasteiger partial charge < -0.3 is 5.32 Å². The Kier molecular flexibility index (Phi) is 3.87. The highest BCUT2D eigenvalue weighted by atomic mass is 15.3. The first-order valence-electron chi connectivity index (χ1n) is 8.05. The first kappa shape index (κ1) is 14.1. The van der Waals surface area contributed by atoms with Crippen molar-refractivity contribution in [3.63, 3.8) is 0 Å². The van der Waals surface area contributed by atoms with Gasteiger partial charge in [-0.05, 0) is 18.8 Å². The molecule has 1 N–H and O–H groups in total. The van der Waals surface area contributed by atoms with Gasteiger partial charge in [0.25, 0.3) is 0 Å². The second-order valence-electron chi connectivity index (χ2n) is 7.07. The van der Waals surface area contributed by atoms with E-state index in [1.54, 1.807) is 0 Å². The molecule has 0 radical (unpaired) electrons. The Bertz CT molecular complexity index is 445. The van der Waals surface area contributed by atoms with Crippen molar-refractivity contribution < 1.29 is 0 Å². The van der Waals surface area contributed by atoms with Crippen molar-refractivity contribution in [1.82, 2.24) is 20.0 Å². The molecule has 1 atom stereocenters. The molecule has 0 amide bonds. The molecule has 1 aliphatic heterocycles. The van der Waals surface area contributed by atoms with Crippen LogP contribution in [0.5, 0.6) is 0 Å². The van der Waals surface area contributed by atoms with Gasteiger partial charge in [-0.2, -0.15) is 5.10 Å². The fourth-order valence-corrected chi connectivity index (χ4v) is 3.91. The van der Waals surface area contributed by atoms with Gasteiger partial charge in [-0.3, -0.25) is 9.58 Å². The molecule has 1 aromatic heterocycles. The molecule has 0 aromatic carbocycles. The molecule has 112 valence electrons. The summed E-state index contributed by atoms with van der Waals surface area (Å²) in [7, 11) is 2.00. The molecular weight excluding hydrogens is 248 g/mol. The van der Waals surface area contributed by atoms with Gasteiger partial charge in [0.2, 0.25) is 0 Å². The zero-order valence-corrected chi connectivity index (χ0v) is 13.1. The summed E-state index contributed by atoms with van der Waals surface area (Å²) >= 11 is 0. The van der Waals surface area contributed by atoms with Crippen LogP contribution in [-0.4, -0.2) is 39.4 Å². The van der Waals surface area contributed by atoms with Gasteiger partial charge in [0.15, 0.2) is 0 Å². The molecule has 4 nitrogen and oxygen atoms in total. The van der Waals surface area contributed by atoms with Crippen molar-refractivity contribution in [3.8, 4) is 0 Å². The van der Waals surface area contributed by atoms with Crippen LogP contribution in [0.3, 0.4) is 0 Å². The van der Waals surface area contributed by atoms with Crippen LogP contribution in [0.1, 0.15) is 45.1 Å². The van der Waals surface area contributed by atoms with E-state index >= 15 is 0 Å². The number of hydrogen-bond acceptors (Lipinski definition) is 3. The van der Waals surface area contributed by atoms with Crippen molar-refractivity contribution in [3.05, 3.63) is 18.0 Å². The number of piperazine rings is 1. The molecule has 2 aliphatic rings. The van der Waals surface area contributed by atoms with Gasteiger partial charge in [-0.25, -0.2) is 0 Å². The van der Waals surface area contributed by atoms with E-state index in [0.29, 0.717) is 17.5 Å². The Balaban J connectivity index is 1.77. The Morgan fingerprint density at radius 1 is 1.40 bits per heavy atom. The predicted octanol–water partition coefficient (Wildman–Crippen LogP) is 2.16. The van der Waals surface area contributed by atoms with E-state index in [1.165, 1.54) is 37.8 Å². The highest BCUT2D eigenvalue weighted by molar-refractivity contribution is 5.09. The average Bonchev–Trinajstić information content (AvgIpc) is 3.02. The standard InChI is InChI=1S/C16H28N4/c1-13(2)15-11-20(10-14-8-18-19(3)9-14)16(12-17-15)6-4-5-7-16/h8-9,13,15,17H,4-7,10-12H2,1-3H3. The van der Waals surface area contributed by atoms with E-state index in [9.17, 15) is 0 Å². The van der Waals surface area contributed by atoms with Gasteiger partial charge in [-0.1, -0.05) is 26.7 Å². The Hall–Kier alpha value is -0.870. The topological polar surface area (TPSA) is 33.1 Å². The minimum Gasteiger partial charge on any atom is -0.311 e. The zero-order chi connectivity index (χ0) is 14.2. The van der Waals surface area contributed by atoms with E-state index in [-0.39, 0.29) is 0 Å². The summed E-state index contributed by atoms with van der Waals surface area (Å²) in [6.07, 6.45) is 9.66. The molecule has 1 aromatic rings.